The largest absolute Gasteiger partial charge is 0.497 e. The SMILES string of the molecule is COc1ccc(OC)c(-c2csc(NC(=O)c3cnc(OCC(F)(F)F)c(Cl)c3)n2)c1. The zero-order valence-electron chi connectivity index (χ0n) is 16.1. The molecule has 0 aliphatic rings. The summed E-state index contributed by atoms with van der Waals surface area (Å²) in [6, 6.07) is 6.40. The second-order valence-corrected chi connectivity index (χ2v) is 7.24. The Morgan fingerprint density at radius 2 is 2.00 bits per heavy atom. The van der Waals surface area contributed by atoms with E-state index in [1.807, 2.05) is 0 Å². The molecule has 2 heterocycles. The van der Waals surface area contributed by atoms with Gasteiger partial charge in [-0.25, -0.2) is 9.97 Å². The van der Waals surface area contributed by atoms with Gasteiger partial charge in [-0.2, -0.15) is 13.2 Å². The van der Waals surface area contributed by atoms with Crippen molar-refractivity contribution in [1.82, 2.24) is 9.97 Å². The Morgan fingerprint density at radius 1 is 1.23 bits per heavy atom. The molecule has 0 atom stereocenters. The first-order chi connectivity index (χ1) is 14.7. The molecular weight excluding hydrogens is 459 g/mol. The predicted molar refractivity (Wildman–Crippen MR) is 109 cm³/mol. The van der Waals surface area contributed by atoms with E-state index in [1.165, 1.54) is 25.6 Å². The number of carbonyl (C=O) groups excluding carboxylic acids is 1. The third-order valence-electron chi connectivity index (χ3n) is 3.85. The Morgan fingerprint density at radius 3 is 2.65 bits per heavy atom. The van der Waals surface area contributed by atoms with E-state index in [0.717, 1.165) is 12.3 Å². The number of alkyl halides is 3. The van der Waals surface area contributed by atoms with Crippen LogP contribution in [-0.4, -0.2) is 42.9 Å². The number of halogens is 4. The molecule has 31 heavy (non-hydrogen) atoms. The van der Waals surface area contributed by atoms with Gasteiger partial charge in [-0.05, 0) is 24.3 Å². The zero-order chi connectivity index (χ0) is 22.6. The summed E-state index contributed by atoms with van der Waals surface area (Å²) in [5.74, 6) is 0.185. The summed E-state index contributed by atoms with van der Waals surface area (Å²) in [5, 5.41) is 4.39. The van der Waals surface area contributed by atoms with Gasteiger partial charge in [0.15, 0.2) is 11.7 Å². The molecule has 0 aliphatic heterocycles. The number of anilines is 1. The number of rotatable bonds is 7. The molecule has 3 aromatic rings. The molecule has 0 aliphatic carbocycles. The highest BCUT2D eigenvalue weighted by atomic mass is 35.5. The first-order valence-corrected chi connectivity index (χ1v) is 9.80. The lowest BCUT2D eigenvalue weighted by Gasteiger charge is -2.10. The van der Waals surface area contributed by atoms with Crippen molar-refractivity contribution < 1.29 is 32.2 Å². The monoisotopic (exact) mass is 473 g/mol. The fraction of sp³-hybridized carbons (Fsp3) is 0.211. The number of pyridine rings is 1. The van der Waals surface area contributed by atoms with E-state index in [0.29, 0.717) is 27.9 Å². The van der Waals surface area contributed by atoms with Gasteiger partial charge in [0.1, 0.15) is 16.5 Å². The van der Waals surface area contributed by atoms with Crippen LogP contribution in [0.5, 0.6) is 17.4 Å². The van der Waals surface area contributed by atoms with Gasteiger partial charge < -0.3 is 14.2 Å². The Hall–Kier alpha value is -3.05. The standard InChI is InChI=1S/C19H15ClF3N3O4S/c1-28-11-3-4-15(29-2)12(6-11)14-8-31-18(25-14)26-16(27)10-5-13(20)17(24-7-10)30-9-19(21,22)23/h3-8H,9H2,1-2H3,(H,25,26,27). The summed E-state index contributed by atoms with van der Waals surface area (Å²) in [6.07, 6.45) is -3.47. The molecule has 1 amide bonds. The van der Waals surface area contributed by atoms with Gasteiger partial charge in [-0.1, -0.05) is 11.6 Å². The predicted octanol–water partition coefficient (Wildman–Crippen LogP) is 5.07. The van der Waals surface area contributed by atoms with Crippen molar-refractivity contribution in [3.8, 4) is 28.6 Å². The number of ether oxygens (including phenoxy) is 3. The number of hydrogen-bond acceptors (Lipinski definition) is 7. The fourth-order valence-corrected chi connectivity index (χ4v) is 3.37. The zero-order valence-corrected chi connectivity index (χ0v) is 17.7. The lowest BCUT2D eigenvalue weighted by molar-refractivity contribution is -0.154. The summed E-state index contributed by atoms with van der Waals surface area (Å²) in [6.45, 7) is -1.54. The Bertz CT molecular complexity index is 1090. The van der Waals surface area contributed by atoms with E-state index in [-0.39, 0.29) is 10.6 Å². The molecule has 0 unspecified atom stereocenters. The number of aromatic nitrogens is 2. The Balaban J connectivity index is 1.74. The number of thiazole rings is 1. The highest BCUT2D eigenvalue weighted by molar-refractivity contribution is 7.14. The third kappa shape index (κ3) is 5.76. The van der Waals surface area contributed by atoms with E-state index in [9.17, 15) is 18.0 Å². The van der Waals surface area contributed by atoms with Gasteiger partial charge in [0.25, 0.3) is 5.91 Å². The van der Waals surface area contributed by atoms with Crippen LogP contribution < -0.4 is 19.5 Å². The normalized spacial score (nSPS) is 11.2. The molecule has 0 fully saturated rings. The minimum atomic E-state index is -4.53. The quantitative estimate of drug-likeness (QED) is 0.516. The Kier molecular flexibility index (Phi) is 6.86. The minimum Gasteiger partial charge on any atom is -0.497 e. The van der Waals surface area contributed by atoms with E-state index in [1.54, 1.807) is 23.6 Å². The topological polar surface area (TPSA) is 82.6 Å². The molecule has 164 valence electrons. The maximum absolute atomic E-state index is 12.5. The van der Waals surface area contributed by atoms with Crippen LogP contribution in [0.3, 0.4) is 0 Å². The molecule has 0 saturated carbocycles. The van der Waals surface area contributed by atoms with Crippen molar-refractivity contribution in [2.45, 2.75) is 6.18 Å². The number of amides is 1. The van der Waals surface area contributed by atoms with E-state index >= 15 is 0 Å². The number of nitrogens with zero attached hydrogens (tertiary/aromatic N) is 2. The number of nitrogens with one attached hydrogen (secondary N) is 1. The van der Waals surface area contributed by atoms with E-state index in [4.69, 9.17) is 21.1 Å². The average molecular weight is 474 g/mol. The van der Waals surface area contributed by atoms with Crippen LogP contribution in [0.15, 0.2) is 35.8 Å². The van der Waals surface area contributed by atoms with E-state index < -0.39 is 24.6 Å². The van der Waals surface area contributed by atoms with Crippen LogP contribution in [0, 0.1) is 0 Å². The molecule has 1 N–H and O–H groups in total. The van der Waals surface area contributed by atoms with Crippen LogP contribution in [0.2, 0.25) is 5.02 Å². The molecule has 1 aromatic carbocycles. The summed E-state index contributed by atoms with van der Waals surface area (Å²) in [7, 11) is 3.07. The number of hydrogen-bond donors (Lipinski definition) is 1. The minimum absolute atomic E-state index is 0.0278. The van der Waals surface area contributed by atoms with Crippen LogP contribution in [0.25, 0.3) is 11.3 Å². The van der Waals surface area contributed by atoms with Gasteiger partial charge in [-0.3, -0.25) is 10.1 Å². The highest BCUT2D eigenvalue weighted by Gasteiger charge is 2.29. The maximum atomic E-state index is 12.5. The lowest BCUT2D eigenvalue weighted by Crippen LogP contribution is -2.20. The molecule has 0 radical (unpaired) electrons. The molecule has 0 saturated heterocycles. The van der Waals surface area contributed by atoms with Crippen LogP contribution in [0.4, 0.5) is 18.3 Å². The van der Waals surface area contributed by atoms with Crippen molar-refractivity contribution in [2.75, 3.05) is 26.1 Å². The molecule has 12 heteroatoms. The maximum Gasteiger partial charge on any atom is 0.422 e. The summed E-state index contributed by atoms with van der Waals surface area (Å²) >= 11 is 7.05. The fourth-order valence-electron chi connectivity index (χ4n) is 2.44. The number of benzene rings is 1. The van der Waals surface area contributed by atoms with Crippen LogP contribution in [0.1, 0.15) is 10.4 Å². The number of carbonyl (C=O) groups is 1. The van der Waals surface area contributed by atoms with E-state index in [2.05, 4.69) is 20.0 Å². The third-order valence-corrected chi connectivity index (χ3v) is 4.88. The second-order valence-electron chi connectivity index (χ2n) is 5.97. The van der Waals surface area contributed by atoms with Gasteiger partial charge in [0, 0.05) is 17.1 Å². The summed E-state index contributed by atoms with van der Waals surface area (Å²) < 4.78 is 51.8. The molecule has 7 nitrogen and oxygen atoms in total. The van der Waals surface area contributed by atoms with Crippen molar-refractivity contribution in [1.29, 1.82) is 0 Å². The molecule has 0 bridgehead atoms. The van der Waals surface area contributed by atoms with Crippen LogP contribution >= 0.6 is 22.9 Å². The van der Waals surface area contributed by atoms with Gasteiger partial charge in [-0.15, -0.1) is 11.3 Å². The molecular formula is C19H15ClF3N3O4S. The van der Waals surface area contributed by atoms with Crippen molar-refractivity contribution in [2.24, 2.45) is 0 Å². The smallest absolute Gasteiger partial charge is 0.422 e. The molecule has 2 aromatic heterocycles. The lowest BCUT2D eigenvalue weighted by atomic mass is 10.1. The Labute approximate surface area is 183 Å². The van der Waals surface area contributed by atoms with Crippen LogP contribution in [-0.2, 0) is 0 Å². The van der Waals surface area contributed by atoms with Crippen molar-refractivity contribution in [3.63, 3.8) is 0 Å². The summed E-state index contributed by atoms with van der Waals surface area (Å²) in [5.41, 5.74) is 1.26. The molecule has 3 rings (SSSR count). The average Bonchev–Trinajstić information content (AvgIpc) is 3.19. The van der Waals surface area contributed by atoms with Crippen molar-refractivity contribution in [3.05, 3.63) is 46.4 Å². The van der Waals surface area contributed by atoms with Gasteiger partial charge in [0.05, 0.1) is 25.5 Å². The first-order valence-electron chi connectivity index (χ1n) is 8.54. The molecule has 0 spiro atoms. The van der Waals surface area contributed by atoms with Gasteiger partial charge in [0.2, 0.25) is 5.88 Å². The summed E-state index contributed by atoms with van der Waals surface area (Å²) in [4.78, 5) is 20.5. The van der Waals surface area contributed by atoms with Gasteiger partial charge >= 0.3 is 6.18 Å². The first kappa shape index (κ1) is 22.6. The second kappa shape index (κ2) is 9.40. The number of methoxy groups -OCH3 is 2. The highest BCUT2D eigenvalue weighted by Crippen LogP contribution is 2.35. The van der Waals surface area contributed by atoms with Crippen molar-refractivity contribution >= 4 is 34.0 Å².